The van der Waals surface area contributed by atoms with Crippen LogP contribution in [0.15, 0.2) is 30.5 Å². The van der Waals surface area contributed by atoms with Gasteiger partial charge in [-0.2, -0.15) is 10.3 Å². The summed E-state index contributed by atoms with van der Waals surface area (Å²) in [5.41, 5.74) is 0.117. The number of aromatic nitrogens is 6. The first-order chi connectivity index (χ1) is 10.6. The average molecular weight is 305 g/mol. The van der Waals surface area contributed by atoms with Crippen LogP contribution in [0.3, 0.4) is 0 Å². The fourth-order valence-electron chi connectivity index (χ4n) is 1.75. The van der Waals surface area contributed by atoms with E-state index < -0.39 is 17.5 Å². The fraction of sp³-hybridized carbons (Fsp3) is 0.0833. The van der Waals surface area contributed by atoms with Gasteiger partial charge in [0.2, 0.25) is 0 Å². The largest absolute Gasteiger partial charge is 0.343 e. The van der Waals surface area contributed by atoms with E-state index in [1.807, 2.05) is 0 Å². The fourth-order valence-corrected chi connectivity index (χ4v) is 1.75. The third-order valence-corrected chi connectivity index (χ3v) is 2.77. The van der Waals surface area contributed by atoms with Gasteiger partial charge < -0.3 is 5.32 Å². The van der Waals surface area contributed by atoms with Crippen molar-refractivity contribution in [3.63, 3.8) is 0 Å². The smallest absolute Gasteiger partial charge is 0.272 e. The van der Waals surface area contributed by atoms with Gasteiger partial charge in [0.15, 0.2) is 17.3 Å². The molecule has 10 heteroatoms. The zero-order chi connectivity index (χ0) is 15.5. The van der Waals surface area contributed by atoms with Crippen molar-refractivity contribution < 1.29 is 13.6 Å². The Bertz CT molecular complexity index is 800. The number of hydrogen-bond acceptors (Lipinski definition) is 5. The van der Waals surface area contributed by atoms with Crippen LogP contribution in [0.5, 0.6) is 0 Å². The predicted molar refractivity (Wildman–Crippen MR) is 68.8 cm³/mol. The molecule has 0 bridgehead atoms. The van der Waals surface area contributed by atoms with E-state index in [1.165, 1.54) is 18.3 Å². The molecule has 2 heterocycles. The molecule has 1 amide bonds. The van der Waals surface area contributed by atoms with Crippen molar-refractivity contribution in [2.24, 2.45) is 0 Å². The minimum atomic E-state index is -0.776. The molecule has 0 radical (unpaired) electrons. The molecule has 22 heavy (non-hydrogen) atoms. The molecule has 3 aromatic rings. The quantitative estimate of drug-likeness (QED) is 0.734. The predicted octanol–water partition coefficient (Wildman–Crippen LogP) is 0.594. The Labute approximate surface area is 122 Å². The number of H-pyrrole nitrogens is 1. The van der Waals surface area contributed by atoms with Crippen LogP contribution in [-0.2, 0) is 6.54 Å². The maximum atomic E-state index is 13.7. The molecule has 2 N–H and O–H groups in total. The lowest BCUT2D eigenvalue weighted by Crippen LogP contribution is -2.24. The molecule has 0 aliphatic rings. The number of rotatable bonds is 4. The van der Waals surface area contributed by atoms with Crippen molar-refractivity contribution in [2.45, 2.75) is 6.54 Å². The summed E-state index contributed by atoms with van der Waals surface area (Å²) in [4.78, 5) is 11.9. The standard InChI is InChI=1S/C12H9F2N7O/c13-7-1-2-10(8(14)5-7)21-4-3-9(18-21)12(22)15-6-11-16-19-20-17-11/h1-5H,6H2,(H,15,22)(H,16,17,19,20). The Kier molecular flexibility index (Phi) is 3.56. The number of nitrogens with one attached hydrogen (secondary N) is 2. The van der Waals surface area contributed by atoms with Gasteiger partial charge >= 0.3 is 0 Å². The van der Waals surface area contributed by atoms with E-state index in [4.69, 9.17) is 0 Å². The summed E-state index contributed by atoms with van der Waals surface area (Å²) >= 11 is 0. The molecule has 2 aromatic heterocycles. The second-order valence-corrected chi connectivity index (χ2v) is 4.25. The number of halogens is 2. The molecule has 3 rings (SSSR count). The van der Waals surface area contributed by atoms with Gasteiger partial charge in [0.1, 0.15) is 11.5 Å². The highest BCUT2D eigenvalue weighted by Crippen LogP contribution is 2.14. The van der Waals surface area contributed by atoms with Gasteiger partial charge in [0, 0.05) is 12.3 Å². The molecule has 0 aliphatic heterocycles. The number of carbonyl (C=O) groups is 1. The van der Waals surface area contributed by atoms with E-state index in [1.54, 1.807) is 0 Å². The van der Waals surface area contributed by atoms with Crippen LogP contribution in [0.1, 0.15) is 16.3 Å². The van der Waals surface area contributed by atoms with Crippen molar-refractivity contribution in [3.05, 3.63) is 53.6 Å². The third kappa shape index (κ3) is 2.80. The number of carbonyl (C=O) groups excluding carboxylic acids is 1. The van der Waals surface area contributed by atoms with Gasteiger partial charge in [-0.1, -0.05) is 5.21 Å². The molecule has 0 spiro atoms. The van der Waals surface area contributed by atoms with E-state index in [0.29, 0.717) is 5.82 Å². The monoisotopic (exact) mass is 305 g/mol. The van der Waals surface area contributed by atoms with Crippen LogP contribution < -0.4 is 5.32 Å². The van der Waals surface area contributed by atoms with Crippen LogP contribution in [0.2, 0.25) is 0 Å². The van der Waals surface area contributed by atoms with E-state index in [2.05, 4.69) is 31.0 Å². The number of hydrogen-bond donors (Lipinski definition) is 2. The Morgan fingerprint density at radius 1 is 1.32 bits per heavy atom. The van der Waals surface area contributed by atoms with Crippen molar-refractivity contribution in [2.75, 3.05) is 0 Å². The lowest BCUT2D eigenvalue weighted by Gasteiger charge is -2.03. The van der Waals surface area contributed by atoms with Crippen molar-refractivity contribution in [1.82, 2.24) is 35.7 Å². The highest BCUT2D eigenvalue weighted by Gasteiger charge is 2.13. The molecular formula is C12H9F2N7O. The maximum absolute atomic E-state index is 13.7. The maximum Gasteiger partial charge on any atom is 0.272 e. The third-order valence-electron chi connectivity index (χ3n) is 2.77. The summed E-state index contributed by atoms with van der Waals surface area (Å²) in [6, 6.07) is 4.50. The van der Waals surface area contributed by atoms with E-state index >= 15 is 0 Å². The normalized spacial score (nSPS) is 10.6. The zero-order valence-electron chi connectivity index (χ0n) is 11.0. The van der Waals surface area contributed by atoms with Crippen LogP contribution in [0.25, 0.3) is 5.69 Å². The van der Waals surface area contributed by atoms with Crippen LogP contribution in [-0.4, -0.2) is 36.3 Å². The minimum Gasteiger partial charge on any atom is -0.343 e. The summed E-state index contributed by atoms with van der Waals surface area (Å²) in [5.74, 6) is -1.63. The van der Waals surface area contributed by atoms with Crippen LogP contribution in [0.4, 0.5) is 8.78 Å². The SMILES string of the molecule is O=C(NCc1nn[nH]n1)c1ccn(-c2ccc(F)cc2F)n1. The lowest BCUT2D eigenvalue weighted by atomic mass is 10.3. The number of aromatic amines is 1. The molecule has 8 nitrogen and oxygen atoms in total. The topological polar surface area (TPSA) is 101 Å². The average Bonchev–Trinajstić information content (AvgIpc) is 3.16. The van der Waals surface area contributed by atoms with Gasteiger partial charge in [-0.25, -0.2) is 13.5 Å². The number of benzene rings is 1. The molecule has 1 aromatic carbocycles. The molecule has 0 atom stereocenters. The summed E-state index contributed by atoms with van der Waals surface area (Å²) in [6.45, 7) is 0.0765. The van der Waals surface area contributed by atoms with Crippen molar-refractivity contribution in [3.8, 4) is 5.69 Å². The van der Waals surface area contributed by atoms with Gasteiger partial charge in [-0.3, -0.25) is 4.79 Å². The summed E-state index contributed by atoms with van der Waals surface area (Å²) in [5, 5.41) is 19.5. The molecule has 112 valence electrons. The van der Waals surface area contributed by atoms with E-state index in [9.17, 15) is 13.6 Å². The highest BCUT2D eigenvalue weighted by molar-refractivity contribution is 5.92. The minimum absolute atomic E-state index is 0.0404. The Hall–Kier alpha value is -3.17. The van der Waals surface area contributed by atoms with Gasteiger partial charge in [-0.05, 0) is 18.2 Å². The molecule has 0 fully saturated rings. The number of amides is 1. The number of tetrazole rings is 1. The highest BCUT2D eigenvalue weighted by atomic mass is 19.1. The molecular weight excluding hydrogens is 296 g/mol. The zero-order valence-corrected chi connectivity index (χ0v) is 11.0. The van der Waals surface area contributed by atoms with E-state index in [0.717, 1.165) is 16.8 Å². The van der Waals surface area contributed by atoms with Crippen molar-refractivity contribution >= 4 is 5.91 Å². The van der Waals surface area contributed by atoms with Crippen molar-refractivity contribution in [1.29, 1.82) is 0 Å². The number of nitrogens with zero attached hydrogens (tertiary/aromatic N) is 5. The lowest BCUT2D eigenvalue weighted by molar-refractivity contribution is 0.0944. The van der Waals surface area contributed by atoms with Gasteiger partial charge in [-0.15, -0.1) is 10.2 Å². The first-order valence-electron chi connectivity index (χ1n) is 6.15. The van der Waals surface area contributed by atoms with E-state index in [-0.39, 0.29) is 17.9 Å². The molecule has 0 saturated heterocycles. The van der Waals surface area contributed by atoms with Crippen LogP contribution in [0, 0.1) is 11.6 Å². The van der Waals surface area contributed by atoms with Gasteiger partial charge in [0.05, 0.1) is 6.54 Å². The Morgan fingerprint density at radius 3 is 2.91 bits per heavy atom. The first-order valence-corrected chi connectivity index (χ1v) is 6.15. The summed E-state index contributed by atoms with van der Waals surface area (Å²) < 4.78 is 27.7. The molecule has 0 saturated carbocycles. The Balaban J connectivity index is 1.74. The summed E-state index contributed by atoms with van der Waals surface area (Å²) in [6.07, 6.45) is 1.40. The second kappa shape index (κ2) is 5.68. The second-order valence-electron chi connectivity index (χ2n) is 4.25. The Morgan fingerprint density at radius 2 is 2.18 bits per heavy atom. The molecule has 0 unspecified atom stereocenters. The molecule has 0 aliphatic carbocycles. The van der Waals surface area contributed by atoms with Gasteiger partial charge in [0.25, 0.3) is 5.91 Å². The first kappa shape index (κ1) is 13.8. The van der Waals surface area contributed by atoms with Crippen LogP contribution >= 0.6 is 0 Å². The summed E-state index contributed by atoms with van der Waals surface area (Å²) in [7, 11) is 0.